The lowest BCUT2D eigenvalue weighted by Gasteiger charge is -2.13. The summed E-state index contributed by atoms with van der Waals surface area (Å²) >= 11 is 20.0. The molecule has 0 spiro atoms. The van der Waals surface area contributed by atoms with Gasteiger partial charge in [0, 0.05) is 20.6 Å². The molecule has 3 nitrogen and oxygen atoms in total. The van der Waals surface area contributed by atoms with Crippen LogP contribution < -0.4 is 5.32 Å². The van der Waals surface area contributed by atoms with Crippen LogP contribution in [-0.4, -0.2) is 9.97 Å². The number of halogens is 3. The van der Waals surface area contributed by atoms with Gasteiger partial charge in [0.1, 0.15) is 10.6 Å². The van der Waals surface area contributed by atoms with Gasteiger partial charge in [-0.25, -0.2) is 4.98 Å². The molecule has 7 heteroatoms. The molecule has 0 aliphatic heterocycles. The maximum Gasteiger partial charge on any atom is 0.225 e. The Balaban J connectivity index is 1.86. The zero-order valence-corrected chi connectivity index (χ0v) is 15.1. The number of thiophene rings is 1. The molecular weight excluding hydrogens is 373 g/mol. The van der Waals surface area contributed by atoms with Gasteiger partial charge < -0.3 is 5.32 Å². The van der Waals surface area contributed by atoms with E-state index in [9.17, 15) is 0 Å². The van der Waals surface area contributed by atoms with E-state index in [1.165, 1.54) is 23.3 Å². The number of nitrogens with one attached hydrogen (secondary N) is 1. The second kappa shape index (κ2) is 6.10. The maximum atomic E-state index is 6.11. The quantitative estimate of drug-likeness (QED) is 0.529. The summed E-state index contributed by atoms with van der Waals surface area (Å²) in [6, 6.07) is 5.32. The van der Waals surface area contributed by atoms with Crippen molar-refractivity contribution in [1.29, 1.82) is 0 Å². The van der Waals surface area contributed by atoms with E-state index in [0.29, 0.717) is 10.0 Å². The average Bonchev–Trinajstić information content (AvgIpc) is 2.84. The lowest BCUT2D eigenvalue weighted by molar-refractivity contribution is 0.700. The van der Waals surface area contributed by atoms with Crippen LogP contribution >= 0.6 is 46.1 Å². The number of aryl methyl sites for hydroxylation is 2. The molecular formula is C16H12Cl3N3S. The molecule has 1 aromatic carbocycles. The van der Waals surface area contributed by atoms with Gasteiger partial charge in [0.05, 0.1) is 5.39 Å². The zero-order valence-electron chi connectivity index (χ0n) is 12.0. The number of nitrogens with zero attached hydrogens (tertiary/aromatic N) is 2. The first kappa shape index (κ1) is 15.5. The topological polar surface area (TPSA) is 37.8 Å². The third-order valence-electron chi connectivity index (χ3n) is 3.91. The van der Waals surface area contributed by atoms with Crippen molar-refractivity contribution in [2.24, 2.45) is 0 Å². The van der Waals surface area contributed by atoms with E-state index >= 15 is 0 Å². The summed E-state index contributed by atoms with van der Waals surface area (Å²) in [6.45, 7) is 0. The molecule has 0 saturated heterocycles. The highest BCUT2D eigenvalue weighted by Gasteiger charge is 2.21. The SMILES string of the molecule is Clc1cc(Cl)cc(Nc2nc(Cl)nc3sc4c(c23)CCCC4)c1. The molecule has 0 bridgehead atoms. The van der Waals surface area contributed by atoms with Crippen molar-refractivity contribution >= 4 is 67.9 Å². The van der Waals surface area contributed by atoms with Crippen LogP contribution in [0.25, 0.3) is 10.2 Å². The van der Waals surface area contributed by atoms with Crippen molar-refractivity contribution < 1.29 is 0 Å². The number of hydrogen-bond acceptors (Lipinski definition) is 4. The fourth-order valence-electron chi connectivity index (χ4n) is 2.98. The van der Waals surface area contributed by atoms with Crippen LogP contribution in [-0.2, 0) is 12.8 Å². The predicted molar refractivity (Wildman–Crippen MR) is 98.8 cm³/mol. The molecule has 1 N–H and O–H groups in total. The highest BCUT2D eigenvalue weighted by Crippen LogP contribution is 2.40. The van der Waals surface area contributed by atoms with Gasteiger partial charge in [-0.1, -0.05) is 23.2 Å². The molecule has 0 fully saturated rings. The summed E-state index contributed by atoms with van der Waals surface area (Å²) in [5.74, 6) is 0.720. The van der Waals surface area contributed by atoms with Gasteiger partial charge in [0.2, 0.25) is 5.28 Å². The first-order chi connectivity index (χ1) is 11.1. The minimum Gasteiger partial charge on any atom is -0.339 e. The van der Waals surface area contributed by atoms with E-state index in [-0.39, 0.29) is 5.28 Å². The van der Waals surface area contributed by atoms with Gasteiger partial charge in [-0.05, 0) is 61.0 Å². The van der Waals surface area contributed by atoms with Gasteiger partial charge >= 0.3 is 0 Å². The lowest BCUT2D eigenvalue weighted by Crippen LogP contribution is -2.01. The molecule has 0 radical (unpaired) electrons. The van der Waals surface area contributed by atoms with Gasteiger partial charge in [0.15, 0.2) is 0 Å². The van der Waals surface area contributed by atoms with Crippen LogP contribution in [0.15, 0.2) is 18.2 Å². The van der Waals surface area contributed by atoms with E-state index in [1.807, 2.05) is 12.1 Å². The van der Waals surface area contributed by atoms with Crippen LogP contribution in [0.1, 0.15) is 23.3 Å². The lowest BCUT2D eigenvalue weighted by atomic mass is 9.97. The third kappa shape index (κ3) is 3.01. The predicted octanol–water partition coefficient (Wildman–Crippen LogP) is 6.27. The Morgan fingerprint density at radius 2 is 1.70 bits per heavy atom. The average molecular weight is 385 g/mol. The minimum absolute atomic E-state index is 0.242. The highest BCUT2D eigenvalue weighted by atomic mass is 35.5. The smallest absolute Gasteiger partial charge is 0.225 e. The molecule has 3 aromatic rings. The largest absolute Gasteiger partial charge is 0.339 e. The molecule has 0 unspecified atom stereocenters. The van der Waals surface area contributed by atoms with Crippen LogP contribution in [0.2, 0.25) is 15.3 Å². The Labute approximate surface area is 152 Å². The summed E-state index contributed by atoms with van der Waals surface area (Å²) in [4.78, 5) is 11.1. The van der Waals surface area contributed by atoms with Crippen LogP contribution in [0.3, 0.4) is 0 Å². The number of hydrogen-bond donors (Lipinski definition) is 1. The summed E-state index contributed by atoms with van der Waals surface area (Å²) in [5.41, 5.74) is 2.14. The molecule has 0 atom stereocenters. The van der Waals surface area contributed by atoms with Crippen LogP contribution in [0.4, 0.5) is 11.5 Å². The van der Waals surface area contributed by atoms with E-state index in [4.69, 9.17) is 34.8 Å². The Morgan fingerprint density at radius 1 is 0.957 bits per heavy atom. The molecule has 4 rings (SSSR count). The monoisotopic (exact) mass is 383 g/mol. The summed E-state index contributed by atoms with van der Waals surface area (Å²) in [7, 11) is 0. The number of aromatic nitrogens is 2. The van der Waals surface area contributed by atoms with Crippen molar-refractivity contribution in [3.05, 3.63) is 44.0 Å². The van der Waals surface area contributed by atoms with Crippen molar-refractivity contribution in [2.45, 2.75) is 25.7 Å². The van der Waals surface area contributed by atoms with Crippen molar-refractivity contribution in [3.63, 3.8) is 0 Å². The fraction of sp³-hybridized carbons (Fsp3) is 0.250. The molecule has 0 saturated carbocycles. The molecule has 2 aromatic heterocycles. The molecule has 1 aliphatic rings. The number of anilines is 2. The Kier molecular flexibility index (Phi) is 4.10. The second-order valence-electron chi connectivity index (χ2n) is 5.52. The number of fused-ring (bicyclic) bond motifs is 3. The standard InChI is InChI=1S/C16H12Cl3N3S/c17-8-5-9(18)7-10(6-8)20-14-13-11-3-1-2-4-12(11)23-15(13)22-16(19)21-14/h5-7H,1-4H2,(H,20,21,22). The van der Waals surface area contributed by atoms with Gasteiger partial charge in [-0.15, -0.1) is 11.3 Å². The second-order valence-corrected chi connectivity index (χ2v) is 7.81. The number of benzene rings is 1. The first-order valence-electron chi connectivity index (χ1n) is 7.31. The van der Waals surface area contributed by atoms with E-state index < -0.39 is 0 Å². The molecule has 23 heavy (non-hydrogen) atoms. The summed E-state index contributed by atoms with van der Waals surface area (Å²) in [6.07, 6.45) is 4.60. The van der Waals surface area contributed by atoms with Crippen molar-refractivity contribution in [1.82, 2.24) is 9.97 Å². The zero-order chi connectivity index (χ0) is 16.0. The molecule has 1 aliphatic carbocycles. The highest BCUT2D eigenvalue weighted by molar-refractivity contribution is 7.19. The number of rotatable bonds is 2. The summed E-state index contributed by atoms with van der Waals surface area (Å²) < 4.78 is 0. The Hall–Kier alpha value is -1.07. The van der Waals surface area contributed by atoms with E-state index in [0.717, 1.165) is 34.6 Å². The van der Waals surface area contributed by atoms with Crippen molar-refractivity contribution in [3.8, 4) is 0 Å². The van der Waals surface area contributed by atoms with Crippen LogP contribution in [0.5, 0.6) is 0 Å². The molecule has 2 heterocycles. The Bertz CT molecular complexity index is 887. The van der Waals surface area contributed by atoms with Crippen LogP contribution in [0, 0.1) is 0 Å². The van der Waals surface area contributed by atoms with Gasteiger partial charge in [-0.3, -0.25) is 0 Å². The molecule has 118 valence electrons. The Morgan fingerprint density at radius 3 is 2.48 bits per heavy atom. The van der Waals surface area contributed by atoms with E-state index in [1.54, 1.807) is 17.4 Å². The summed E-state index contributed by atoms with van der Waals surface area (Å²) in [5, 5.41) is 5.77. The first-order valence-corrected chi connectivity index (χ1v) is 9.26. The van der Waals surface area contributed by atoms with E-state index in [2.05, 4.69) is 15.3 Å². The third-order valence-corrected chi connectivity index (χ3v) is 5.70. The maximum absolute atomic E-state index is 6.11. The minimum atomic E-state index is 0.242. The molecule has 0 amide bonds. The van der Waals surface area contributed by atoms with Gasteiger partial charge in [-0.2, -0.15) is 4.98 Å². The normalized spacial score (nSPS) is 14.0. The fourth-order valence-corrected chi connectivity index (χ4v) is 4.99. The van der Waals surface area contributed by atoms with Crippen molar-refractivity contribution in [2.75, 3.05) is 5.32 Å². The van der Waals surface area contributed by atoms with Gasteiger partial charge in [0.25, 0.3) is 0 Å².